The van der Waals surface area contributed by atoms with E-state index in [2.05, 4.69) is 39.5 Å². The molecule has 6 nitrogen and oxygen atoms in total. The summed E-state index contributed by atoms with van der Waals surface area (Å²) >= 11 is 0. The summed E-state index contributed by atoms with van der Waals surface area (Å²) in [5.41, 5.74) is 2.58. The number of nitrogens with one attached hydrogen (secondary N) is 2. The highest BCUT2D eigenvalue weighted by molar-refractivity contribution is 5.47. The van der Waals surface area contributed by atoms with E-state index in [1.165, 1.54) is 0 Å². The van der Waals surface area contributed by atoms with Crippen LogP contribution in [-0.2, 0) is 6.42 Å². The Balaban J connectivity index is 2.77. The van der Waals surface area contributed by atoms with Gasteiger partial charge in [0.2, 0.25) is 0 Å². The largest absolute Gasteiger partial charge is 0.366 e. The van der Waals surface area contributed by atoms with Gasteiger partial charge in [-0.2, -0.15) is 0 Å². The number of hydrogen-bond donors (Lipinski definition) is 3. The predicted octanol–water partition coefficient (Wildman–Crippen LogP) is 1.08. The van der Waals surface area contributed by atoms with Crippen molar-refractivity contribution in [2.75, 3.05) is 31.4 Å². The molecule has 0 aliphatic heterocycles. The third-order valence-corrected chi connectivity index (χ3v) is 2.43. The van der Waals surface area contributed by atoms with E-state index >= 15 is 0 Å². The Labute approximate surface area is 109 Å². The van der Waals surface area contributed by atoms with Crippen molar-refractivity contribution in [1.29, 1.82) is 0 Å². The van der Waals surface area contributed by atoms with Crippen LogP contribution in [0.15, 0.2) is 6.07 Å². The summed E-state index contributed by atoms with van der Waals surface area (Å²) in [5.74, 6) is 7.69. The Morgan fingerprint density at radius 1 is 1.33 bits per heavy atom. The molecule has 0 saturated heterocycles. The minimum Gasteiger partial charge on any atom is -0.366 e. The highest BCUT2D eigenvalue weighted by Gasteiger charge is 2.07. The van der Waals surface area contributed by atoms with Crippen LogP contribution in [0.2, 0.25) is 0 Å². The van der Waals surface area contributed by atoms with Crippen LogP contribution in [0.4, 0.5) is 11.6 Å². The molecule has 1 heterocycles. The Hall–Kier alpha value is -1.40. The second-order valence-electron chi connectivity index (χ2n) is 4.76. The third-order valence-electron chi connectivity index (χ3n) is 2.43. The molecule has 0 saturated carbocycles. The zero-order chi connectivity index (χ0) is 13.5. The molecule has 0 amide bonds. The molecule has 1 unspecified atom stereocenters. The summed E-state index contributed by atoms with van der Waals surface area (Å²) in [4.78, 5) is 10.9. The van der Waals surface area contributed by atoms with Crippen LogP contribution in [-0.4, -0.2) is 41.5 Å². The molecule has 0 aliphatic rings. The van der Waals surface area contributed by atoms with Crippen LogP contribution in [0, 0.1) is 0 Å². The molecule has 1 rings (SSSR count). The molecule has 1 atom stereocenters. The fourth-order valence-corrected chi connectivity index (χ4v) is 1.83. The van der Waals surface area contributed by atoms with Crippen LogP contribution in [0.25, 0.3) is 0 Å². The lowest BCUT2D eigenvalue weighted by molar-refractivity contribution is 0.392. The van der Waals surface area contributed by atoms with Gasteiger partial charge in [-0.25, -0.2) is 15.8 Å². The normalized spacial score (nSPS) is 12.6. The molecular formula is C12H24N6. The SMILES string of the molecule is CCCc1nc(NN)cc(NC(C)CN(C)C)n1. The zero-order valence-electron chi connectivity index (χ0n) is 11.7. The number of nitrogens with zero attached hydrogens (tertiary/aromatic N) is 3. The number of nitrogens with two attached hydrogens (primary N) is 1. The molecule has 0 spiro atoms. The second kappa shape index (κ2) is 7.13. The van der Waals surface area contributed by atoms with E-state index in [0.717, 1.165) is 31.0 Å². The third kappa shape index (κ3) is 4.85. The zero-order valence-corrected chi connectivity index (χ0v) is 11.7. The van der Waals surface area contributed by atoms with Gasteiger partial charge in [-0.05, 0) is 27.4 Å². The molecule has 4 N–H and O–H groups in total. The van der Waals surface area contributed by atoms with E-state index in [1.807, 2.05) is 20.2 Å². The van der Waals surface area contributed by atoms with E-state index in [4.69, 9.17) is 5.84 Å². The second-order valence-corrected chi connectivity index (χ2v) is 4.76. The summed E-state index contributed by atoms with van der Waals surface area (Å²) in [6.45, 7) is 5.17. The maximum absolute atomic E-state index is 5.42. The number of anilines is 2. The quantitative estimate of drug-likeness (QED) is 0.498. The Kier molecular flexibility index (Phi) is 5.80. The summed E-state index contributed by atoms with van der Waals surface area (Å²) < 4.78 is 0. The lowest BCUT2D eigenvalue weighted by Crippen LogP contribution is -2.30. The summed E-state index contributed by atoms with van der Waals surface area (Å²) in [6, 6.07) is 2.14. The van der Waals surface area contributed by atoms with Gasteiger partial charge in [0, 0.05) is 25.1 Å². The van der Waals surface area contributed by atoms with Crippen molar-refractivity contribution < 1.29 is 0 Å². The lowest BCUT2D eigenvalue weighted by Gasteiger charge is -2.19. The Morgan fingerprint density at radius 3 is 2.56 bits per heavy atom. The molecular weight excluding hydrogens is 228 g/mol. The van der Waals surface area contributed by atoms with Gasteiger partial charge in [0.05, 0.1) is 0 Å². The van der Waals surface area contributed by atoms with Gasteiger partial charge in [-0.15, -0.1) is 0 Å². The first-order valence-corrected chi connectivity index (χ1v) is 6.31. The number of aromatic nitrogens is 2. The first-order chi connectivity index (χ1) is 8.55. The van der Waals surface area contributed by atoms with Crippen molar-refractivity contribution in [2.24, 2.45) is 5.84 Å². The smallest absolute Gasteiger partial charge is 0.145 e. The van der Waals surface area contributed by atoms with Gasteiger partial charge < -0.3 is 15.6 Å². The first-order valence-electron chi connectivity index (χ1n) is 6.31. The number of nitrogen functional groups attached to an aromatic ring is 1. The summed E-state index contributed by atoms with van der Waals surface area (Å²) in [6.07, 6.45) is 1.87. The lowest BCUT2D eigenvalue weighted by atomic mass is 10.3. The Bertz CT molecular complexity index is 366. The predicted molar refractivity (Wildman–Crippen MR) is 75.5 cm³/mol. The number of likely N-dealkylation sites (N-methyl/N-ethyl adjacent to an activating group) is 1. The number of rotatable bonds is 7. The van der Waals surface area contributed by atoms with E-state index < -0.39 is 0 Å². The molecule has 0 radical (unpaired) electrons. The van der Waals surface area contributed by atoms with Crippen LogP contribution < -0.4 is 16.6 Å². The monoisotopic (exact) mass is 252 g/mol. The van der Waals surface area contributed by atoms with Crippen LogP contribution in [0.5, 0.6) is 0 Å². The van der Waals surface area contributed by atoms with E-state index in [0.29, 0.717) is 11.9 Å². The van der Waals surface area contributed by atoms with Crippen LogP contribution in [0.1, 0.15) is 26.1 Å². The van der Waals surface area contributed by atoms with Gasteiger partial charge in [-0.3, -0.25) is 0 Å². The summed E-state index contributed by atoms with van der Waals surface area (Å²) in [7, 11) is 4.10. The fraction of sp³-hybridized carbons (Fsp3) is 0.667. The highest BCUT2D eigenvalue weighted by Crippen LogP contribution is 2.12. The molecule has 102 valence electrons. The van der Waals surface area contributed by atoms with Crippen LogP contribution >= 0.6 is 0 Å². The summed E-state index contributed by atoms with van der Waals surface area (Å²) in [5, 5.41) is 3.36. The van der Waals surface area contributed by atoms with Gasteiger partial charge >= 0.3 is 0 Å². The number of hydrazine groups is 1. The molecule has 1 aromatic heterocycles. The van der Waals surface area contributed by atoms with Crippen molar-refractivity contribution in [3.8, 4) is 0 Å². The maximum atomic E-state index is 5.42. The van der Waals surface area contributed by atoms with Crippen molar-refractivity contribution in [3.05, 3.63) is 11.9 Å². The van der Waals surface area contributed by atoms with Crippen molar-refractivity contribution in [3.63, 3.8) is 0 Å². The van der Waals surface area contributed by atoms with Crippen LogP contribution in [0.3, 0.4) is 0 Å². The standard InChI is InChI=1S/C12H24N6/c1-5-6-10-15-11(7-12(16-10)17-13)14-9(2)8-18(3)4/h7,9H,5-6,8,13H2,1-4H3,(H2,14,15,16,17). The van der Waals surface area contributed by atoms with Gasteiger partial charge in [0.25, 0.3) is 0 Å². The van der Waals surface area contributed by atoms with Crippen molar-refractivity contribution >= 4 is 11.6 Å². The molecule has 6 heteroatoms. The van der Waals surface area contributed by atoms with Crippen molar-refractivity contribution in [2.45, 2.75) is 32.7 Å². The molecule has 0 fully saturated rings. The molecule has 0 aromatic carbocycles. The average molecular weight is 252 g/mol. The number of hydrogen-bond acceptors (Lipinski definition) is 6. The molecule has 18 heavy (non-hydrogen) atoms. The first kappa shape index (κ1) is 14.7. The minimum absolute atomic E-state index is 0.315. The molecule has 0 aliphatic carbocycles. The van der Waals surface area contributed by atoms with E-state index in [1.54, 1.807) is 0 Å². The van der Waals surface area contributed by atoms with Gasteiger partial charge in [0.1, 0.15) is 17.5 Å². The number of aryl methyl sites for hydroxylation is 1. The topological polar surface area (TPSA) is 79.1 Å². The molecule has 1 aromatic rings. The average Bonchev–Trinajstić information content (AvgIpc) is 2.27. The minimum atomic E-state index is 0.315. The van der Waals surface area contributed by atoms with Crippen molar-refractivity contribution in [1.82, 2.24) is 14.9 Å². The van der Waals surface area contributed by atoms with Gasteiger partial charge in [-0.1, -0.05) is 6.92 Å². The van der Waals surface area contributed by atoms with E-state index in [9.17, 15) is 0 Å². The van der Waals surface area contributed by atoms with E-state index in [-0.39, 0.29) is 0 Å². The Morgan fingerprint density at radius 2 is 2.00 bits per heavy atom. The highest BCUT2D eigenvalue weighted by atomic mass is 15.3. The van der Waals surface area contributed by atoms with Gasteiger partial charge in [0.15, 0.2) is 0 Å². The maximum Gasteiger partial charge on any atom is 0.145 e. The fourth-order valence-electron chi connectivity index (χ4n) is 1.83. The molecule has 0 bridgehead atoms.